The molecule has 5 aromatic carbocycles. The Hall–Kier alpha value is -2.04. The molecule has 0 amide bonds. The van der Waals surface area contributed by atoms with Crippen molar-refractivity contribution in [2.24, 2.45) is 0 Å². The van der Waals surface area contributed by atoms with Gasteiger partial charge in [0, 0.05) is 0 Å². The van der Waals surface area contributed by atoms with Gasteiger partial charge in [0.2, 0.25) is 0 Å². The van der Waals surface area contributed by atoms with Crippen molar-refractivity contribution in [2.75, 3.05) is 0 Å². The van der Waals surface area contributed by atoms with Crippen molar-refractivity contribution in [1.82, 2.24) is 0 Å². The summed E-state index contributed by atoms with van der Waals surface area (Å²) in [5, 5.41) is 5.46. The first-order chi connectivity index (χ1) is 15.9. The molecule has 0 aliphatic heterocycles. The molecule has 0 saturated heterocycles. The summed E-state index contributed by atoms with van der Waals surface area (Å²) < 4.78 is 0. The second kappa shape index (κ2) is 17.4. The van der Waals surface area contributed by atoms with E-state index < -0.39 is 0 Å². The molecule has 182 valence electrons. The summed E-state index contributed by atoms with van der Waals surface area (Å²) in [6.45, 7) is 6.38. The Kier molecular flexibility index (Phi) is 16.4. The van der Waals surface area contributed by atoms with Crippen LogP contribution in [0.2, 0.25) is 0 Å². The van der Waals surface area contributed by atoms with Crippen LogP contribution in [0.15, 0.2) is 127 Å². The number of nitrogens with one attached hydrogen (secondary N) is 1. The summed E-state index contributed by atoms with van der Waals surface area (Å²) in [5.74, 6) is 0. The molecule has 0 aliphatic rings. The summed E-state index contributed by atoms with van der Waals surface area (Å²) in [4.78, 5) is 0. The van der Waals surface area contributed by atoms with Crippen LogP contribution in [0, 0.1) is 0 Å². The van der Waals surface area contributed by atoms with E-state index in [-0.39, 0.29) is 56.1 Å². The third kappa shape index (κ3) is 11.3. The van der Waals surface area contributed by atoms with Crippen LogP contribution in [-0.2, 0) is 31.3 Å². The maximum absolute atomic E-state index is 7.63. The minimum Gasteiger partial charge on any atom is -1.00 e. The predicted molar refractivity (Wildman–Crippen MR) is 147 cm³/mol. The van der Waals surface area contributed by atoms with Gasteiger partial charge in [-0.3, -0.25) is 0 Å². The average molecular weight is 695 g/mol. The minimum absolute atomic E-state index is 0. The summed E-state index contributed by atoms with van der Waals surface area (Å²) >= 11 is 0. The standard InChI is InChI=1S/C12H10Si.C10H14N.C9H7.2ClH.Hf/c1-3-7-11(8-4-1)13-12-9-5-2-6-10-12;1-10(2,3)8-6-4-5-7-9(8)11;1-2-5-9-7-3-6-8(9)4-1;;;/h1-10H;4-7,11H,1-3H3;1-7H;2*1H;/q;2*-1;;;+4/p-2. The van der Waals surface area contributed by atoms with Crippen molar-refractivity contribution in [3.63, 3.8) is 0 Å². The van der Waals surface area contributed by atoms with Gasteiger partial charge in [0.15, 0.2) is 0 Å². The van der Waals surface area contributed by atoms with Crippen molar-refractivity contribution in [1.29, 1.82) is 0 Å². The molecule has 0 aliphatic carbocycles. The topological polar surface area (TPSA) is 23.8 Å². The molecule has 0 spiro atoms. The van der Waals surface area contributed by atoms with Crippen molar-refractivity contribution < 1.29 is 50.7 Å². The second-order valence-corrected chi connectivity index (χ2v) is 10.2. The fraction of sp³-hybridized carbons (Fsp3) is 0.129. The van der Waals surface area contributed by atoms with Crippen LogP contribution in [0.25, 0.3) is 16.5 Å². The second-order valence-electron chi connectivity index (χ2n) is 8.81. The third-order valence-corrected chi connectivity index (χ3v) is 6.36. The van der Waals surface area contributed by atoms with E-state index in [9.17, 15) is 0 Å². The van der Waals surface area contributed by atoms with Crippen LogP contribution < -0.4 is 35.2 Å². The number of hydrogen-bond donors (Lipinski definition) is 0. The molecule has 0 saturated carbocycles. The first-order valence-corrected chi connectivity index (χ1v) is 12.2. The Labute approximate surface area is 250 Å². The smallest absolute Gasteiger partial charge is 1.00 e. The van der Waals surface area contributed by atoms with E-state index >= 15 is 0 Å². The zero-order valence-electron chi connectivity index (χ0n) is 20.9. The van der Waals surface area contributed by atoms with Crippen LogP contribution in [0.3, 0.4) is 0 Å². The van der Waals surface area contributed by atoms with Crippen LogP contribution in [0.5, 0.6) is 0 Å². The van der Waals surface area contributed by atoms with Crippen LogP contribution in [-0.4, -0.2) is 9.52 Å². The summed E-state index contributed by atoms with van der Waals surface area (Å²) in [6, 6.07) is 43.6. The van der Waals surface area contributed by atoms with Gasteiger partial charge in [0.25, 0.3) is 0 Å². The van der Waals surface area contributed by atoms with E-state index in [1.165, 1.54) is 21.1 Å². The zero-order chi connectivity index (χ0) is 23.5. The van der Waals surface area contributed by atoms with Gasteiger partial charge in [-0.2, -0.15) is 17.5 Å². The SMILES string of the molecule is CC(C)(C)c1ccccc1[NH-].[Cl-].[Cl-].[Hf+4].c1ccc([Si]c2ccccc2)cc1.c1ccc2[cH-]ccc2c1. The Bertz CT molecular complexity index is 1170. The molecule has 0 heterocycles. The predicted octanol–water partition coefficient (Wildman–Crippen LogP) is 1.57. The molecule has 0 atom stereocenters. The number of hydrogen-bond acceptors (Lipinski definition) is 0. The summed E-state index contributed by atoms with van der Waals surface area (Å²) in [6.07, 6.45) is 0. The maximum atomic E-state index is 7.63. The van der Waals surface area contributed by atoms with E-state index in [4.69, 9.17) is 5.73 Å². The molecule has 5 aromatic rings. The van der Waals surface area contributed by atoms with Crippen LogP contribution >= 0.6 is 0 Å². The van der Waals surface area contributed by atoms with Crippen LogP contribution in [0.1, 0.15) is 26.3 Å². The molecular formula is C31H31Cl2HfNSi. The van der Waals surface area contributed by atoms with Gasteiger partial charge in [-0.15, -0.1) is 35.3 Å². The number of fused-ring (bicyclic) bond motifs is 1. The van der Waals surface area contributed by atoms with E-state index in [0.717, 1.165) is 15.1 Å². The molecule has 0 aromatic heterocycles. The molecule has 5 rings (SSSR count). The Balaban J connectivity index is 0.000000497. The van der Waals surface area contributed by atoms with Gasteiger partial charge >= 0.3 is 25.8 Å². The molecule has 0 fully saturated rings. The molecule has 2 radical (unpaired) electrons. The zero-order valence-corrected chi connectivity index (χ0v) is 27.0. The average Bonchev–Trinajstić information content (AvgIpc) is 3.30. The van der Waals surface area contributed by atoms with E-state index in [0.29, 0.717) is 5.69 Å². The molecule has 0 unspecified atom stereocenters. The number of halogens is 2. The molecule has 0 bridgehead atoms. The van der Waals surface area contributed by atoms with Gasteiger partial charge in [-0.25, -0.2) is 0 Å². The van der Waals surface area contributed by atoms with Gasteiger partial charge in [-0.1, -0.05) is 128 Å². The molecule has 36 heavy (non-hydrogen) atoms. The fourth-order valence-corrected chi connectivity index (χ4v) is 4.47. The summed E-state index contributed by atoms with van der Waals surface area (Å²) in [5.41, 5.74) is 9.47. The van der Waals surface area contributed by atoms with Gasteiger partial charge in [0.05, 0.1) is 0 Å². The van der Waals surface area contributed by atoms with Crippen molar-refractivity contribution in [3.8, 4) is 0 Å². The quantitative estimate of drug-likeness (QED) is 0.198. The maximum Gasteiger partial charge on any atom is 4.00 e. The number of benzene rings is 4. The van der Waals surface area contributed by atoms with E-state index in [1.807, 2.05) is 24.3 Å². The van der Waals surface area contributed by atoms with E-state index in [2.05, 4.69) is 124 Å². The molecule has 1 nitrogen and oxygen atoms in total. The van der Waals surface area contributed by atoms with Gasteiger partial charge in [-0.05, 0) is 5.41 Å². The molecule has 5 heteroatoms. The fourth-order valence-electron chi connectivity index (χ4n) is 3.42. The molecular weight excluding hydrogens is 664 g/mol. The Morgan fingerprint density at radius 1 is 0.611 bits per heavy atom. The van der Waals surface area contributed by atoms with Crippen molar-refractivity contribution in [3.05, 3.63) is 139 Å². The van der Waals surface area contributed by atoms with Gasteiger partial charge < -0.3 is 30.5 Å². The first-order valence-electron chi connectivity index (χ1n) is 11.2. The Morgan fingerprint density at radius 3 is 1.56 bits per heavy atom. The number of rotatable bonds is 2. The third-order valence-electron chi connectivity index (χ3n) is 5.12. The largest absolute Gasteiger partial charge is 4.00 e. The minimum atomic E-state index is 0. The van der Waals surface area contributed by atoms with E-state index in [1.54, 1.807) is 0 Å². The first kappa shape index (κ1) is 34.0. The van der Waals surface area contributed by atoms with Crippen LogP contribution in [0.4, 0.5) is 5.69 Å². The Morgan fingerprint density at radius 2 is 1.08 bits per heavy atom. The van der Waals surface area contributed by atoms with Crippen molar-refractivity contribution in [2.45, 2.75) is 26.2 Å². The van der Waals surface area contributed by atoms with Gasteiger partial charge in [0.1, 0.15) is 9.52 Å². The monoisotopic (exact) mass is 695 g/mol. The summed E-state index contributed by atoms with van der Waals surface area (Å²) in [7, 11) is 0.777. The molecule has 1 N–H and O–H groups in total. The van der Waals surface area contributed by atoms with Crippen molar-refractivity contribution >= 4 is 36.4 Å². The normalized spacial score (nSPS) is 9.64.